The summed E-state index contributed by atoms with van der Waals surface area (Å²) in [5.74, 6) is 0.474. The van der Waals surface area contributed by atoms with Gasteiger partial charge in [0.25, 0.3) is 0 Å². The van der Waals surface area contributed by atoms with Crippen molar-refractivity contribution in [3.63, 3.8) is 0 Å². The molecule has 6 heteroatoms. The number of benzene rings is 1. The first-order chi connectivity index (χ1) is 12.2. The van der Waals surface area contributed by atoms with Gasteiger partial charge in [0, 0.05) is 18.8 Å². The molecule has 0 fully saturated rings. The molecule has 0 aliphatic carbocycles. The van der Waals surface area contributed by atoms with E-state index in [2.05, 4.69) is 15.3 Å². The summed E-state index contributed by atoms with van der Waals surface area (Å²) in [5, 5.41) is 2.85. The van der Waals surface area contributed by atoms with E-state index in [-0.39, 0.29) is 12.5 Å². The minimum absolute atomic E-state index is 0.0453. The van der Waals surface area contributed by atoms with Crippen molar-refractivity contribution in [3.8, 4) is 0 Å². The summed E-state index contributed by atoms with van der Waals surface area (Å²) in [5.41, 5.74) is 4.44. The van der Waals surface area contributed by atoms with Crippen LogP contribution in [0.5, 0.6) is 0 Å². The Morgan fingerprint density at radius 1 is 1.20 bits per heavy atom. The van der Waals surface area contributed by atoms with Crippen molar-refractivity contribution in [2.75, 3.05) is 0 Å². The van der Waals surface area contributed by atoms with Crippen molar-refractivity contribution in [3.05, 3.63) is 65.9 Å². The quantitative estimate of drug-likeness (QED) is 0.609. The topological polar surface area (TPSA) is 72.4 Å². The van der Waals surface area contributed by atoms with Gasteiger partial charge in [-0.05, 0) is 37.1 Å². The predicted octanol–water partition coefficient (Wildman–Crippen LogP) is 3.03. The fourth-order valence-electron chi connectivity index (χ4n) is 2.82. The molecule has 4 aromatic rings. The number of pyridine rings is 1. The molecule has 3 heterocycles. The van der Waals surface area contributed by atoms with Crippen LogP contribution < -0.4 is 5.32 Å². The molecule has 1 N–H and O–H groups in total. The Morgan fingerprint density at radius 3 is 2.96 bits per heavy atom. The molecule has 0 atom stereocenters. The second-order valence-corrected chi connectivity index (χ2v) is 6.00. The first-order valence-corrected chi connectivity index (χ1v) is 8.23. The lowest BCUT2D eigenvalue weighted by molar-refractivity contribution is -0.121. The molecule has 3 aromatic heterocycles. The zero-order valence-corrected chi connectivity index (χ0v) is 13.9. The molecular formula is C19H18N4O2. The van der Waals surface area contributed by atoms with Crippen molar-refractivity contribution >= 4 is 22.7 Å². The summed E-state index contributed by atoms with van der Waals surface area (Å²) < 4.78 is 7.61. The van der Waals surface area contributed by atoms with E-state index < -0.39 is 0 Å². The Morgan fingerprint density at radius 2 is 2.12 bits per heavy atom. The molecular weight excluding hydrogens is 316 g/mol. The molecule has 0 saturated carbocycles. The average Bonchev–Trinajstić information content (AvgIpc) is 3.22. The molecule has 25 heavy (non-hydrogen) atoms. The SMILES string of the molecule is Cc1cccc2oc(CNC(=O)CCc3cn4ccccc4n3)nc12. The minimum Gasteiger partial charge on any atom is -0.439 e. The first kappa shape index (κ1) is 15.4. The van der Waals surface area contributed by atoms with Gasteiger partial charge in [0.2, 0.25) is 11.8 Å². The molecule has 0 radical (unpaired) electrons. The number of aromatic nitrogens is 3. The molecule has 1 amide bonds. The van der Waals surface area contributed by atoms with Gasteiger partial charge in [0.1, 0.15) is 11.2 Å². The number of imidazole rings is 1. The Bertz CT molecular complexity index is 1010. The van der Waals surface area contributed by atoms with Crippen LogP contribution in [0.1, 0.15) is 23.6 Å². The molecule has 1 aromatic carbocycles. The Labute approximate surface area is 144 Å². The van der Waals surface area contributed by atoms with Gasteiger partial charge in [-0.25, -0.2) is 9.97 Å². The number of para-hydroxylation sites is 1. The van der Waals surface area contributed by atoms with Gasteiger partial charge in [0.15, 0.2) is 5.58 Å². The fourth-order valence-corrected chi connectivity index (χ4v) is 2.82. The predicted molar refractivity (Wildman–Crippen MR) is 94.1 cm³/mol. The van der Waals surface area contributed by atoms with Crippen LogP contribution in [0.25, 0.3) is 16.7 Å². The third-order valence-electron chi connectivity index (χ3n) is 4.12. The number of hydrogen-bond donors (Lipinski definition) is 1. The van der Waals surface area contributed by atoms with Gasteiger partial charge in [-0.3, -0.25) is 4.79 Å². The van der Waals surface area contributed by atoms with E-state index >= 15 is 0 Å². The highest BCUT2D eigenvalue weighted by Gasteiger charge is 2.10. The highest BCUT2D eigenvalue weighted by atomic mass is 16.3. The van der Waals surface area contributed by atoms with Crippen LogP contribution in [-0.4, -0.2) is 20.3 Å². The zero-order chi connectivity index (χ0) is 17.2. The van der Waals surface area contributed by atoms with Gasteiger partial charge in [-0.15, -0.1) is 0 Å². The van der Waals surface area contributed by atoms with Gasteiger partial charge in [0.05, 0.1) is 12.2 Å². The lowest BCUT2D eigenvalue weighted by Gasteiger charge is -2.01. The highest BCUT2D eigenvalue weighted by molar-refractivity contribution is 5.77. The van der Waals surface area contributed by atoms with E-state index in [9.17, 15) is 4.79 Å². The third kappa shape index (κ3) is 3.24. The van der Waals surface area contributed by atoms with E-state index in [1.54, 1.807) is 0 Å². The maximum atomic E-state index is 12.1. The van der Waals surface area contributed by atoms with Gasteiger partial charge >= 0.3 is 0 Å². The molecule has 0 aliphatic rings. The maximum absolute atomic E-state index is 12.1. The standard InChI is InChI=1S/C19H18N4O2/c1-13-5-4-6-15-19(13)22-18(25-15)11-20-17(24)9-8-14-12-23-10-3-2-7-16(23)21-14/h2-7,10,12H,8-9,11H2,1H3,(H,20,24). The number of fused-ring (bicyclic) bond motifs is 2. The van der Waals surface area contributed by atoms with E-state index in [1.807, 2.05) is 60.1 Å². The second-order valence-electron chi connectivity index (χ2n) is 6.00. The van der Waals surface area contributed by atoms with Crippen LogP contribution >= 0.6 is 0 Å². The normalized spacial score (nSPS) is 11.2. The van der Waals surface area contributed by atoms with Crippen LogP contribution in [0.2, 0.25) is 0 Å². The number of carbonyl (C=O) groups excluding carboxylic acids is 1. The summed E-state index contributed by atoms with van der Waals surface area (Å²) in [6, 6.07) is 11.6. The zero-order valence-electron chi connectivity index (χ0n) is 13.9. The van der Waals surface area contributed by atoms with E-state index in [4.69, 9.17) is 4.42 Å². The van der Waals surface area contributed by atoms with E-state index in [0.29, 0.717) is 18.7 Å². The lowest BCUT2D eigenvalue weighted by atomic mass is 10.2. The Kier molecular flexibility index (Phi) is 3.93. The Hall–Kier alpha value is -3.15. The number of carbonyl (C=O) groups is 1. The molecule has 6 nitrogen and oxygen atoms in total. The third-order valence-corrected chi connectivity index (χ3v) is 4.12. The molecule has 0 saturated heterocycles. The van der Waals surface area contributed by atoms with Crippen molar-refractivity contribution in [2.45, 2.75) is 26.3 Å². The summed E-state index contributed by atoms with van der Waals surface area (Å²) >= 11 is 0. The van der Waals surface area contributed by atoms with Crippen molar-refractivity contribution in [1.29, 1.82) is 0 Å². The maximum Gasteiger partial charge on any atom is 0.220 e. The van der Waals surface area contributed by atoms with Crippen LogP contribution in [0, 0.1) is 6.92 Å². The fraction of sp³-hybridized carbons (Fsp3) is 0.211. The number of amides is 1. The summed E-state index contributed by atoms with van der Waals surface area (Å²) in [6.45, 7) is 2.28. The molecule has 4 rings (SSSR count). The van der Waals surface area contributed by atoms with E-state index in [0.717, 1.165) is 28.0 Å². The average molecular weight is 334 g/mol. The van der Waals surface area contributed by atoms with Gasteiger partial charge < -0.3 is 14.1 Å². The number of hydrogen-bond acceptors (Lipinski definition) is 4. The molecule has 0 aliphatic heterocycles. The lowest BCUT2D eigenvalue weighted by Crippen LogP contribution is -2.23. The van der Waals surface area contributed by atoms with Crippen molar-refractivity contribution < 1.29 is 9.21 Å². The van der Waals surface area contributed by atoms with Crippen LogP contribution in [-0.2, 0) is 17.8 Å². The highest BCUT2D eigenvalue weighted by Crippen LogP contribution is 2.18. The van der Waals surface area contributed by atoms with E-state index in [1.165, 1.54) is 0 Å². The summed E-state index contributed by atoms with van der Waals surface area (Å²) in [7, 11) is 0. The van der Waals surface area contributed by atoms with Gasteiger partial charge in [-0.1, -0.05) is 18.2 Å². The number of nitrogens with zero attached hydrogens (tertiary/aromatic N) is 3. The molecule has 0 bridgehead atoms. The van der Waals surface area contributed by atoms with Crippen LogP contribution in [0.3, 0.4) is 0 Å². The van der Waals surface area contributed by atoms with Crippen molar-refractivity contribution in [2.24, 2.45) is 0 Å². The summed E-state index contributed by atoms with van der Waals surface area (Å²) in [4.78, 5) is 21.0. The smallest absolute Gasteiger partial charge is 0.220 e. The monoisotopic (exact) mass is 334 g/mol. The molecule has 126 valence electrons. The number of aryl methyl sites for hydroxylation is 2. The summed E-state index contributed by atoms with van der Waals surface area (Å²) in [6.07, 6.45) is 4.87. The Balaban J connectivity index is 1.34. The molecule has 0 unspecified atom stereocenters. The largest absolute Gasteiger partial charge is 0.439 e. The number of rotatable bonds is 5. The number of nitrogens with one attached hydrogen (secondary N) is 1. The second kappa shape index (κ2) is 6.39. The number of oxazole rings is 1. The molecule has 0 spiro atoms. The van der Waals surface area contributed by atoms with Crippen molar-refractivity contribution in [1.82, 2.24) is 19.7 Å². The van der Waals surface area contributed by atoms with Crippen LogP contribution in [0.15, 0.2) is 53.2 Å². The van der Waals surface area contributed by atoms with Crippen LogP contribution in [0.4, 0.5) is 0 Å². The van der Waals surface area contributed by atoms with Gasteiger partial charge in [-0.2, -0.15) is 0 Å². The minimum atomic E-state index is -0.0453. The first-order valence-electron chi connectivity index (χ1n) is 8.23.